The van der Waals surface area contributed by atoms with Gasteiger partial charge in [-0.15, -0.1) is 0 Å². The Labute approximate surface area is 130 Å². The van der Waals surface area contributed by atoms with Crippen LogP contribution in [0.3, 0.4) is 0 Å². The van der Waals surface area contributed by atoms with E-state index in [-0.39, 0.29) is 5.91 Å². The third-order valence-electron chi connectivity index (χ3n) is 4.05. The molecule has 1 aliphatic heterocycles. The highest BCUT2D eigenvalue weighted by Gasteiger charge is 2.31. The van der Waals surface area contributed by atoms with Crippen LogP contribution < -0.4 is 0 Å². The Hall–Kier alpha value is -1.57. The highest BCUT2D eigenvalue weighted by atomic mass is 35.5. The average Bonchev–Trinajstić information content (AvgIpc) is 2.49. The highest BCUT2D eigenvalue weighted by Crippen LogP contribution is 2.20. The lowest BCUT2D eigenvalue weighted by molar-refractivity contribution is 0.0521. The van der Waals surface area contributed by atoms with Crippen molar-refractivity contribution in [3.63, 3.8) is 0 Å². The van der Waals surface area contributed by atoms with Crippen molar-refractivity contribution in [1.82, 2.24) is 9.80 Å². The second-order valence-electron chi connectivity index (χ2n) is 5.91. The summed E-state index contributed by atoms with van der Waals surface area (Å²) in [7, 11) is 0. The third kappa shape index (κ3) is 3.37. The number of carbonyl (C=O) groups is 1. The van der Waals surface area contributed by atoms with Crippen LogP contribution >= 0.6 is 11.6 Å². The van der Waals surface area contributed by atoms with Crippen molar-refractivity contribution < 1.29 is 4.79 Å². The average molecular weight is 306 g/mol. The quantitative estimate of drug-likeness (QED) is 0.844. The van der Waals surface area contributed by atoms with Crippen LogP contribution in [-0.2, 0) is 0 Å². The number of halogens is 1. The summed E-state index contributed by atoms with van der Waals surface area (Å²) in [4.78, 5) is 16.4. The van der Waals surface area contributed by atoms with E-state index in [0.717, 1.165) is 5.56 Å². The zero-order valence-corrected chi connectivity index (χ0v) is 13.4. The molecule has 0 spiro atoms. The Balaban J connectivity index is 2.04. The van der Waals surface area contributed by atoms with Crippen LogP contribution in [0, 0.1) is 18.3 Å². The lowest BCUT2D eigenvalue weighted by Crippen LogP contribution is -2.55. The molecule has 1 aromatic carbocycles. The minimum atomic E-state index is -0.484. The van der Waals surface area contributed by atoms with Crippen molar-refractivity contribution in [2.75, 3.05) is 26.2 Å². The van der Waals surface area contributed by atoms with E-state index in [0.29, 0.717) is 36.8 Å². The minimum absolute atomic E-state index is 0.00585. The smallest absolute Gasteiger partial charge is 0.253 e. The molecule has 1 saturated heterocycles. The maximum Gasteiger partial charge on any atom is 0.253 e. The first-order chi connectivity index (χ1) is 9.85. The van der Waals surface area contributed by atoms with Gasteiger partial charge in [0.2, 0.25) is 0 Å². The number of aryl methyl sites for hydroxylation is 1. The van der Waals surface area contributed by atoms with Crippen molar-refractivity contribution in [1.29, 1.82) is 5.26 Å². The number of nitriles is 1. The monoisotopic (exact) mass is 305 g/mol. The summed E-state index contributed by atoms with van der Waals surface area (Å²) >= 11 is 6.08. The first kappa shape index (κ1) is 15.8. The largest absolute Gasteiger partial charge is 0.336 e. The number of piperazine rings is 1. The second kappa shape index (κ2) is 6.05. The summed E-state index contributed by atoms with van der Waals surface area (Å²) in [6.45, 7) is 8.43. The number of carbonyl (C=O) groups excluding carboxylic acids is 1. The summed E-state index contributed by atoms with van der Waals surface area (Å²) in [6, 6.07) is 7.71. The van der Waals surface area contributed by atoms with Gasteiger partial charge in [0, 0.05) is 36.8 Å². The van der Waals surface area contributed by atoms with Gasteiger partial charge in [-0.25, -0.2) is 0 Å². The SMILES string of the molecule is Cc1ccc(C(=O)N2CCN(C(C)(C)C#N)CC2)cc1Cl. The van der Waals surface area contributed by atoms with Crippen LogP contribution in [-0.4, -0.2) is 47.4 Å². The molecule has 5 heteroatoms. The summed E-state index contributed by atoms with van der Waals surface area (Å²) in [6.07, 6.45) is 0. The number of amides is 1. The Morgan fingerprint density at radius 1 is 1.29 bits per heavy atom. The second-order valence-corrected chi connectivity index (χ2v) is 6.32. The van der Waals surface area contributed by atoms with Crippen LogP contribution in [0.15, 0.2) is 18.2 Å². The molecule has 0 aromatic heterocycles. The van der Waals surface area contributed by atoms with Crippen LogP contribution in [0.5, 0.6) is 0 Å². The van der Waals surface area contributed by atoms with Gasteiger partial charge in [0.05, 0.1) is 6.07 Å². The Bertz CT molecular complexity index is 584. The fourth-order valence-electron chi connectivity index (χ4n) is 2.45. The van der Waals surface area contributed by atoms with Crippen molar-refractivity contribution in [3.05, 3.63) is 34.3 Å². The predicted molar refractivity (Wildman–Crippen MR) is 83.4 cm³/mol. The molecular formula is C16H20ClN3O. The molecule has 4 nitrogen and oxygen atoms in total. The molecule has 1 aromatic rings. The van der Waals surface area contributed by atoms with E-state index in [2.05, 4.69) is 11.0 Å². The molecule has 0 aliphatic carbocycles. The molecule has 1 heterocycles. The topological polar surface area (TPSA) is 47.3 Å². The van der Waals surface area contributed by atoms with E-state index in [1.165, 1.54) is 0 Å². The van der Waals surface area contributed by atoms with E-state index in [1.807, 2.05) is 37.8 Å². The van der Waals surface area contributed by atoms with Crippen molar-refractivity contribution >= 4 is 17.5 Å². The Morgan fingerprint density at radius 3 is 2.43 bits per heavy atom. The molecule has 21 heavy (non-hydrogen) atoms. The summed E-state index contributed by atoms with van der Waals surface area (Å²) in [5.41, 5.74) is 1.11. The highest BCUT2D eigenvalue weighted by molar-refractivity contribution is 6.31. The van der Waals surface area contributed by atoms with Gasteiger partial charge in [-0.1, -0.05) is 17.7 Å². The van der Waals surface area contributed by atoms with Gasteiger partial charge < -0.3 is 4.90 Å². The normalized spacial score (nSPS) is 16.6. The van der Waals surface area contributed by atoms with Gasteiger partial charge in [-0.2, -0.15) is 5.26 Å². The van der Waals surface area contributed by atoms with Crippen LogP contribution in [0.1, 0.15) is 29.8 Å². The van der Waals surface area contributed by atoms with E-state index in [9.17, 15) is 4.79 Å². The standard InChI is InChI=1S/C16H20ClN3O/c1-12-4-5-13(10-14(12)17)15(21)19-6-8-20(9-7-19)16(2,3)11-18/h4-5,10H,6-9H2,1-3H3. The van der Waals surface area contributed by atoms with E-state index < -0.39 is 5.54 Å². The van der Waals surface area contributed by atoms with Gasteiger partial charge >= 0.3 is 0 Å². The maximum absolute atomic E-state index is 12.5. The molecule has 0 bridgehead atoms. The Kier molecular flexibility index (Phi) is 4.55. The summed E-state index contributed by atoms with van der Waals surface area (Å²) in [5.74, 6) is 0.00585. The number of hydrogen-bond donors (Lipinski definition) is 0. The van der Waals surface area contributed by atoms with Gasteiger partial charge in [0.1, 0.15) is 5.54 Å². The fourth-order valence-corrected chi connectivity index (χ4v) is 2.63. The van der Waals surface area contributed by atoms with Crippen LogP contribution in [0.4, 0.5) is 0 Å². The summed E-state index contributed by atoms with van der Waals surface area (Å²) in [5, 5.41) is 9.78. The molecule has 112 valence electrons. The van der Waals surface area contributed by atoms with Crippen molar-refractivity contribution in [2.45, 2.75) is 26.3 Å². The molecular weight excluding hydrogens is 286 g/mol. The number of hydrogen-bond acceptors (Lipinski definition) is 3. The van der Waals surface area contributed by atoms with E-state index in [4.69, 9.17) is 16.9 Å². The fraction of sp³-hybridized carbons (Fsp3) is 0.500. The zero-order valence-electron chi connectivity index (χ0n) is 12.7. The summed E-state index contributed by atoms with van der Waals surface area (Å²) < 4.78 is 0. The van der Waals surface area contributed by atoms with Crippen LogP contribution in [0.2, 0.25) is 5.02 Å². The first-order valence-electron chi connectivity index (χ1n) is 7.07. The molecule has 1 aliphatic rings. The molecule has 0 N–H and O–H groups in total. The van der Waals surface area contributed by atoms with Crippen molar-refractivity contribution in [3.8, 4) is 6.07 Å². The molecule has 1 fully saturated rings. The third-order valence-corrected chi connectivity index (χ3v) is 4.46. The van der Waals surface area contributed by atoms with Crippen LogP contribution in [0.25, 0.3) is 0 Å². The molecule has 0 radical (unpaired) electrons. The predicted octanol–water partition coefficient (Wildman–Crippen LogP) is 2.71. The van der Waals surface area contributed by atoms with Gasteiger partial charge in [-0.05, 0) is 38.5 Å². The zero-order chi connectivity index (χ0) is 15.6. The maximum atomic E-state index is 12.5. The van der Waals surface area contributed by atoms with Gasteiger partial charge in [0.25, 0.3) is 5.91 Å². The molecule has 1 amide bonds. The minimum Gasteiger partial charge on any atom is -0.336 e. The Morgan fingerprint density at radius 2 is 1.90 bits per heavy atom. The number of nitrogens with zero attached hydrogens (tertiary/aromatic N) is 3. The number of rotatable bonds is 2. The molecule has 0 atom stereocenters. The van der Waals surface area contributed by atoms with Gasteiger partial charge in [0.15, 0.2) is 0 Å². The first-order valence-corrected chi connectivity index (χ1v) is 7.44. The lowest BCUT2D eigenvalue weighted by Gasteiger charge is -2.40. The lowest BCUT2D eigenvalue weighted by atomic mass is 10.0. The molecule has 0 unspecified atom stereocenters. The number of benzene rings is 1. The molecule has 0 saturated carbocycles. The van der Waals surface area contributed by atoms with Crippen molar-refractivity contribution in [2.24, 2.45) is 0 Å². The van der Waals surface area contributed by atoms with Gasteiger partial charge in [-0.3, -0.25) is 9.69 Å². The van der Waals surface area contributed by atoms with E-state index in [1.54, 1.807) is 6.07 Å². The molecule has 2 rings (SSSR count). The van der Waals surface area contributed by atoms with E-state index >= 15 is 0 Å².